The van der Waals surface area contributed by atoms with Gasteiger partial charge in [-0.05, 0) is 54.6 Å². The van der Waals surface area contributed by atoms with Gasteiger partial charge >= 0.3 is 12.4 Å². The highest BCUT2D eigenvalue weighted by Crippen LogP contribution is 2.38. The van der Waals surface area contributed by atoms with Gasteiger partial charge in [0.25, 0.3) is 21.8 Å². The van der Waals surface area contributed by atoms with E-state index in [-0.39, 0.29) is 35.0 Å². The molecule has 0 radical (unpaired) electrons. The lowest BCUT2D eigenvalue weighted by molar-refractivity contribution is -0.143. The summed E-state index contributed by atoms with van der Waals surface area (Å²) in [7, 11) is -3.29. The number of nitrogens with one attached hydrogen (secondary N) is 3. The second-order valence-electron chi connectivity index (χ2n) is 7.54. The number of halogens is 6. The number of alkyl halides is 6. The normalized spacial score (nSPS) is 12.1. The molecular weight excluding hydrogens is 528 g/mol. The van der Waals surface area contributed by atoms with Gasteiger partial charge in [0, 0.05) is 23.9 Å². The first-order valence-electron chi connectivity index (χ1n) is 10.2. The Kier molecular flexibility index (Phi) is 7.53. The van der Waals surface area contributed by atoms with Crippen LogP contribution < -0.4 is 15.4 Å². The number of hydrogen-bond donors (Lipinski definition) is 3. The molecule has 7 nitrogen and oxygen atoms in total. The van der Waals surface area contributed by atoms with Crippen molar-refractivity contribution < 1.29 is 44.3 Å². The van der Waals surface area contributed by atoms with Crippen molar-refractivity contribution in [2.75, 3.05) is 17.1 Å². The van der Waals surface area contributed by atoms with Crippen molar-refractivity contribution in [3.8, 4) is 0 Å². The molecule has 0 spiro atoms. The average molecular weight is 545 g/mol. The molecule has 0 saturated carbocycles. The summed E-state index contributed by atoms with van der Waals surface area (Å²) in [5.41, 5.74) is -4.11. The molecule has 2 amide bonds. The van der Waals surface area contributed by atoms with Crippen LogP contribution >= 0.6 is 0 Å². The molecule has 3 aromatic rings. The molecular formula is C23H17F6N3O4S. The SMILES string of the molecule is CNC(=O)c1cccc(NC(=O)c2cccc(S(=O)(=O)Nc3cc(C(F)(F)F)cc(C(F)(F)F)c3)c2)c1. The van der Waals surface area contributed by atoms with Crippen molar-refractivity contribution >= 4 is 33.2 Å². The van der Waals surface area contributed by atoms with E-state index in [1.165, 1.54) is 37.4 Å². The van der Waals surface area contributed by atoms with Gasteiger partial charge < -0.3 is 10.6 Å². The van der Waals surface area contributed by atoms with Gasteiger partial charge in [0.1, 0.15) is 0 Å². The summed E-state index contributed by atoms with van der Waals surface area (Å²) in [6, 6.07) is 10.4. The molecule has 3 N–H and O–H groups in total. The van der Waals surface area contributed by atoms with Crippen molar-refractivity contribution in [3.05, 3.63) is 89.0 Å². The number of hydrogen-bond acceptors (Lipinski definition) is 4. The number of sulfonamides is 1. The van der Waals surface area contributed by atoms with E-state index in [1.54, 1.807) is 4.72 Å². The van der Waals surface area contributed by atoms with Crippen LogP contribution in [0.2, 0.25) is 0 Å². The first-order chi connectivity index (χ1) is 17.1. The second-order valence-corrected chi connectivity index (χ2v) is 9.22. The third kappa shape index (κ3) is 6.78. The summed E-state index contributed by atoms with van der Waals surface area (Å²) < 4.78 is 106. The maximum Gasteiger partial charge on any atom is 0.416 e. The maximum atomic E-state index is 13.1. The van der Waals surface area contributed by atoms with Crippen LogP contribution in [0.5, 0.6) is 0 Å². The van der Waals surface area contributed by atoms with Crippen LogP contribution in [-0.2, 0) is 22.4 Å². The van der Waals surface area contributed by atoms with E-state index in [4.69, 9.17) is 0 Å². The van der Waals surface area contributed by atoms with Crippen LogP contribution in [0.4, 0.5) is 37.7 Å². The van der Waals surface area contributed by atoms with Crippen molar-refractivity contribution in [3.63, 3.8) is 0 Å². The fourth-order valence-electron chi connectivity index (χ4n) is 3.12. The molecule has 0 aliphatic carbocycles. The molecule has 196 valence electrons. The van der Waals surface area contributed by atoms with Gasteiger partial charge in [-0.1, -0.05) is 12.1 Å². The van der Waals surface area contributed by atoms with E-state index in [0.717, 1.165) is 18.2 Å². The predicted molar refractivity (Wildman–Crippen MR) is 121 cm³/mol. The lowest BCUT2D eigenvalue weighted by Crippen LogP contribution is -2.19. The number of carbonyl (C=O) groups excluding carboxylic acids is 2. The topological polar surface area (TPSA) is 104 Å². The van der Waals surface area contributed by atoms with Crippen molar-refractivity contribution in [2.45, 2.75) is 17.2 Å². The van der Waals surface area contributed by atoms with Crippen LogP contribution in [0.3, 0.4) is 0 Å². The Labute approximate surface area is 206 Å². The van der Waals surface area contributed by atoms with E-state index >= 15 is 0 Å². The fraction of sp³-hybridized carbons (Fsp3) is 0.130. The first-order valence-corrected chi connectivity index (χ1v) is 11.6. The number of carbonyl (C=O) groups is 2. The molecule has 0 saturated heterocycles. The Morgan fingerprint density at radius 3 is 1.78 bits per heavy atom. The van der Waals surface area contributed by atoms with E-state index in [1.807, 2.05) is 0 Å². The lowest BCUT2D eigenvalue weighted by Gasteiger charge is -2.15. The summed E-state index contributed by atoms with van der Waals surface area (Å²) in [6.45, 7) is 0. The third-order valence-electron chi connectivity index (χ3n) is 4.86. The van der Waals surface area contributed by atoms with Gasteiger partial charge in [0.05, 0.1) is 21.7 Å². The zero-order chi connectivity index (χ0) is 27.6. The van der Waals surface area contributed by atoms with E-state index in [2.05, 4.69) is 10.6 Å². The van der Waals surface area contributed by atoms with Crippen molar-refractivity contribution in [1.82, 2.24) is 5.32 Å². The molecule has 0 aliphatic heterocycles. The van der Waals surface area contributed by atoms with Gasteiger partial charge in [-0.15, -0.1) is 0 Å². The molecule has 0 atom stereocenters. The molecule has 37 heavy (non-hydrogen) atoms. The quantitative estimate of drug-likeness (QED) is 0.374. The van der Waals surface area contributed by atoms with E-state index in [0.29, 0.717) is 0 Å². The van der Waals surface area contributed by atoms with Crippen LogP contribution in [0, 0.1) is 0 Å². The van der Waals surface area contributed by atoms with E-state index < -0.39 is 55.9 Å². The third-order valence-corrected chi connectivity index (χ3v) is 6.24. The molecule has 0 aromatic heterocycles. The Hall–Kier alpha value is -4.07. The molecule has 0 heterocycles. The smallest absolute Gasteiger partial charge is 0.355 e. The van der Waals surface area contributed by atoms with Crippen LogP contribution in [0.1, 0.15) is 31.8 Å². The minimum absolute atomic E-state index is 0.137. The fourth-order valence-corrected chi connectivity index (χ4v) is 4.20. The van der Waals surface area contributed by atoms with Gasteiger partial charge in [-0.3, -0.25) is 14.3 Å². The molecule has 3 rings (SSSR count). The number of anilines is 2. The highest BCUT2D eigenvalue weighted by atomic mass is 32.2. The number of rotatable bonds is 6. The van der Waals surface area contributed by atoms with Crippen LogP contribution in [-0.4, -0.2) is 27.3 Å². The summed E-state index contributed by atoms with van der Waals surface area (Å²) in [5, 5.41) is 4.88. The maximum absolute atomic E-state index is 13.1. The molecule has 14 heteroatoms. The zero-order valence-corrected chi connectivity index (χ0v) is 19.5. The summed E-state index contributed by atoms with van der Waals surface area (Å²) in [4.78, 5) is 23.8. The first kappa shape index (κ1) is 27.5. The minimum Gasteiger partial charge on any atom is -0.355 e. The Morgan fingerprint density at radius 1 is 0.703 bits per heavy atom. The van der Waals surface area contributed by atoms with E-state index in [9.17, 15) is 44.3 Å². The van der Waals surface area contributed by atoms with Crippen molar-refractivity contribution in [2.24, 2.45) is 0 Å². The summed E-state index contributed by atoms with van der Waals surface area (Å²) >= 11 is 0. The number of benzene rings is 3. The molecule has 0 fully saturated rings. The highest BCUT2D eigenvalue weighted by molar-refractivity contribution is 7.92. The monoisotopic (exact) mass is 545 g/mol. The lowest BCUT2D eigenvalue weighted by atomic mass is 10.1. The summed E-state index contributed by atoms with van der Waals surface area (Å²) in [5.74, 6) is -1.21. The Morgan fingerprint density at radius 2 is 1.24 bits per heavy atom. The highest BCUT2D eigenvalue weighted by Gasteiger charge is 2.37. The Bertz CT molecular complexity index is 1420. The molecule has 0 unspecified atom stereocenters. The summed E-state index contributed by atoms with van der Waals surface area (Å²) in [6.07, 6.45) is -10.3. The largest absolute Gasteiger partial charge is 0.416 e. The zero-order valence-electron chi connectivity index (χ0n) is 18.7. The Balaban J connectivity index is 1.90. The number of amides is 2. The molecule has 0 bridgehead atoms. The standard InChI is InChI=1S/C23H17F6N3O4S/c1-30-20(33)13-4-2-6-17(8-13)31-21(34)14-5-3-7-19(9-14)37(35,36)32-18-11-15(22(24,25)26)10-16(12-18)23(27,28)29/h2-12,32H,1H3,(H,30,33)(H,31,34). The minimum atomic E-state index is -5.17. The molecule has 3 aromatic carbocycles. The van der Waals surface area contributed by atoms with Gasteiger partial charge in [0.2, 0.25) is 0 Å². The van der Waals surface area contributed by atoms with Gasteiger partial charge in [0.15, 0.2) is 0 Å². The van der Waals surface area contributed by atoms with Crippen LogP contribution in [0.25, 0.3) is 0 Å². The van der Waals surface area contributed by atoms with Crippen molar-refractivity contribution in [1.29, 1.82) is 0 Å². The molecule has 0 aliphatic rings. The van der Waals surface area contributed by atoms with Crippen LogP contribution in [0.15, 0.2) is 71.6 Å². The predicted octanol–water partition coefficient (Wildman–Crippen LogP) is 5.14. The van der Waals surface area contributed by atoms with Gasteiger partial charge in [-0.2, -0.15) is 26.3 Å². The second kappa shape index (κ2) is 10.1. The average Bonchev–Trinajstić information content (AvgIpc) is 2.82. The van der Waals surface area contributed by atoms with Gasteiger partial charge in [-0.25, -0.2) is 8.42 Å².